The molecule has 1 aliphatic rings. The Balaban J connectivity index is 1.55. The number of amides is 2. The average molecular weight is 494 g/mol. The molecule has 0 radical (unpaired) electrons. The Morgan fingerprint density at radius 1 is 1.09 bits per heavy atom. The van der Waals surface area contributed by atoms with Crippen LogP contribution in [0, 0.1) is 0 Å². The number of carbonyl (C=O) groups is 2. The van der Waals surface area contributed by atoms with Gasteiger partial charge in [0.1, 0.15) is 11.0 Å². The van der Waals surface area contributed by atoms with Crippen LogP contribution in [0.1, 0.15) is 12.0 Å². The molecule has 0 saturated carbocycles. The second-order valence-electron chi connectivity index (χ2n) is 7.68. The maximum absolute atomic E-state index is 13.1. The summed E-state index contributed by atoms with van der Waals surface area (Å²) < 4.78 is 5.22. The van der Waals surface area contributed by atoms with Crippen LogP contribution in [-0.4, -0.2) is 40.8 Å². The molecule has 1 unspecified atom stereocenters. The molecule has 2 amide bonds. The van der Waals surface area contributed by atoms with E-state index < -0.39 is 5.25 Å². The summed E-state index contributed by atoms with van der Waals surface area (Å²) in [6.07, 6.45) is 0.789. The number of thioether (sulfide) groups is 1. The lowest BCUT2D eigenvalue weighted by Crippen LogP contribution is -2.46. The van der Waals surface area contributed by atoms with Crippen LogP contribution in [0.5, 0.6) is 5.75 Å². The minimum Gasteiger partial charge on any atom is -0.497 e. The third kappa shape index (κ3) is 6.18. The number of nitrogens with zero attached hydrogens (tertiary/aromatic N) is 2. The van der Waals surface area contributed by atoms with Gasteiger partial charge in [-0.05, 0) is 60.5 Å². The van der Waals surface area contributed by atoms with E-state index in [9.17, 15) is 9.59 Å². The van der Waals surface area contributed by atoms with E-state index in [0.717, 1.165) is 11.3 Å². The third-order valence-corrected chi connectivity index (χ3v) is 6.75. The quantitative estimate of drug-likeness (QED) is 0.468. The zero-order valence-corrected chi connectivity index (χ0v) is 20.2. The molecule has 1 heterocycles. The van der Waals surface area contributed by atoms with Crippen molar-refractivity contribution in [1.82, 2.24) is 4.90 Å². The SMILES string of the molecule is COc1ccc(N=C2SC(C(=O)Nc3ccc(Cl)cc3)CC(=O)N2CCc2ccccc2)cc1. The highest BCUT2D eigenvalue weighted by molar-refractivity contribution is 8.15. The van der Waals surface area contributed by atoms with Crippen molar-refractivity contribution in [2.24, 2.45) is 4.99 Å². The topological polar surface area (TPSA) is 71.0 Å². The van der Waals surface area contributed by atoms with Crippen molar-refractivity contribution in [3.05, 3.63) is 89.4 Å². The van der Waals surface area contributed by atoms with Gasteiger partial charge in [0.2, 0.25) is 11.8 Å². The van der Waals surface area contributed by atoms with Gasteiger partial charge in [-0.15, -0.1) is 0 Å². The van der Waals surface area contributed by atoms with E-state index >= 15 is 0 Å². The molecule has 174 valence electrons. The Bertz CT molecular complexity index is 1170. The molecule has 3 aromatic carbocycles. The fourth-order valence-corrected chi connectivity index (χ4v) is 4.72. The Hall–Kier alpha value is -3.29. The monoisotopic (exact) mass is 493 g/mol. The number of methoxy groups -OCH3 is 1. The second kappa shape index (κ2) is 11.2. The summed E-state index contributed by atoms with van der Waals surface area (Å²) in [6, 6.07) is 24.1. The highest BCUT2D eigenvalue weighted by Gasteiger charge is 2.35. The van der Waals surface area contributed by atoms with Gasteiger partial charge in [0.25, 0.3) is 0 Å². The molecule has 0 aliphatic carbocycles. The molecule has 1 aliphatic heterocycles. The summed E-state index contributed by atoms with van der Waals surface area (Å²) in [5.41, 5.74) is 2.44. The van der Waals surface area contributed by atoms with Gasteiger partial charge in [-0.3, -0.25) is 14.5 Å². The van der Waals surface area contributed by atoms with Gasteiger partial charge in [0.05, 0.1) is 12.8 Å². The predicted molar refractivity (Wildman–Crippen MR) is 138 cm³/mol. The molecular weight excluding hydrogens is 470 g/mol. The number of hydrogen-bond donors (Lipinski definition) is 1. The van der Waals surface area contributed by atoms with Crippen LogP contribution in [0.4, 0.5) is 11.4 Å². The molecule has 1 fully saturated rings. The van der Waals surface area contributed by atoms with E-state index in [2.05, 4.69) is 5.32 Å². The molecule has 34 heavy (non-hydrogen) atoms. The molecule has 0 bridgehead atoms. The summed E-state index contributed by atoms with van der Waals surface area (Å²) in [4.78, 5) is 32.5. The lowest BCUT2D eigenvalue weighted by Gasteiger charge is -2.32. The van der Waals surface area contributed by atoms with Gasteiger partial charge >= 0.3 is 0 Å². The fraction of sp³-hybridized carbons (Fsp3) is 0.192. The van der Waals surface area contributed by atoms with Crippen molar-refractivity contribution in [2.45, 2.75) is 18.1 Å². The molecule has 1 N–H and O–H groups in total. The number of amidine groups is 1. The largest absolute Gasteiger partial charge is 0.497 e. The average Bonchev–Trinajstić information content (AvgIpc) is 2.86. The minimum absolute atomic E-state index is 0.0977. The van der Waals surface area contributed by atoms with Gasteiger partial charge in [0, 0.05) is 23.7 Å². The van der Waals surface area contributed by atoms with E-state index in [1.807, 2.05) is 54.6 Å². The number of carbonyl (C=O) groups excluding carboxylic acids is 2. The molecule has 8 heteroatoms. The third-order valence-electron chi connectivity index (χ3n) is 5.31. The first-order chi connectivity index (χ1) is 16.5. The fourth-order valence-electron chi connectivity index (χ4n) is 3.47. The lowest BCUT2D eigenvalue weighted by molar-refractivity contribution is -0.129. The Kier molecular flexibility index (Phi) is 7.87. The standard InChI is InChI=1S/C26H24ClN3O3S/c1-33-22-13-11-21(12-14-22)29-26-30(16-15-18-5-3-2-4-6-18)24(31)17-23(34-26)25(32)28-20-9-7-19(27)8-10-20/h2-14,23H,15-17H2,1H3,(H,28,32). The van der Waals surface area contributed by atoms with Gasteiger partial charge in [-0.1, -0.05) is 53.7 Å². The van der Waals surface area contributed by atoms with E-state index in [1.165, 1.54) is 11.8 Å². The van der Waals surface area contributed by atoms with Crippen LogP contribution >= 0.6 is 23.4 Å². The minimum atomic E-state index is -0.590. The Labute approximate surface area is 208 Å². The van der Waals surface area contributed by atoms with Gasteiger partial charge in [0.15, 0.2) is 5.17 Å². The Morgan fingerprint density at radius 2 is 1.79 bits per heavy atom. The van der Waals surface area contributed by atoms with Crippen molar-refractivity contribution in [3.63, 3.8) is 0 Å². The van der Waals surface area contributed by atoms with Crippen LogP contribution in [0.25, 0.3) is 0 Å². The van der Waals surface area contributed by atoms with Crippen LogP contribution in [0.3, 0.4) is 0 Å². The summed E-state index contributed by atoms with van der Waals surface area (Å²) in [6.45, 7) is 0.482. The van der Waals surface area contributed by atoms with E-state index in [1.54, 1.807) is 36.3 Å². The summed E-state index contributed by atoms with van der Waals surface area (Å²) >= 11 is 7.23. The van der Waals surface area contributed by atoms with Crippen molar-refractivity contribution < 1.29 is 14.3 Å². The highest BCUT2D eigenvalue weighted by Crippen LogP contribution is 2.31. The number of aliphatic imine (C=N–C) groups is 1. The number of hydrogen-bond acceptors (Lipinski definition) is 5. The smallest absolute Gasteiger partial charge is 0.238 e. The first-order valence-electron chi connectivity index (χ1n) is 10.8. The van der Waals surface area contributed by atoms with E-state index in [-0.39, 0.29) is 18.2 Å². The molecule has 0 spiro atoms. The predicted octanol–water partition coefficient (Wildman–Crippen LogP) is 5.55. The highest BCUT2D eigenvalue weighted by atomic mass is 35.5. The normalized spacial score (nSPS) is 17.0. The molecule has 4 rings (SSSR count). The number of benzene rings is 3. The Morgan fingerprint density at radius 3 is 2.47 bits per heavy atom. The van der Waals surface area contributed by atoms with Gasteiger partial charge in [-0.2, -0.15) is 0 Å². The molecule has 1 atom stereocenters. The van der Waals surface area contributed by atoms with Crippen LogP contribution in [0.15, 0.2) is 83.9 Å². The number of halogens is 1. The molecule has 0 aromatic heterocycles. The van der Waals surface area contributed by atoms with Crippen molar-refractivity contribution in [3.8, 4) is 5.75 Å². The number of anilines is 1. The van der Waals surface area contributed by atoms with Gasteiger partial charge < -0.3 is 10.1 Å². The molecule has 6 nitrogen and oxygen atoms in total. The molecule has 1 saturated heterocycles. The zero-order valence-electron chi connectivity index (χ0n) is 18.6. The molecular formula is C26H24ClN3O3S. The van der Waals surface area contributed by atoms with E-state index in [4.69, 9.17) is 21.3 Å². The summed E-state index contributed by atoms with van der Waals surface area (Å²) in [5.74, 6) is 0.349. The number of nitrogens with one attached hydrogen (secondary N) is 1. The van der Waals surface area contributed by atoms with Crippen LogP contribution in [-0.2, 0) is 16.0 Å². The summed E-state index contributed by atoms with van der Waals surface area (Å²) in [5, 5.41) is 3.38. The first-order valence-corrected chi connectivity index (χ1v) is 12.1. The second-order valence-corrected chi connectivity index (χ2v) is 9.29. The zero-order chi connectivity index (χ0) is 23.9. The maximum atomic E-state index is 13.1. The van der Waals surface area contributed by atoms with Crippen molar-refractivity contribution >= 4 is 51.7 Å². The summed E-state index contributed by atoms with van der Waals surface area (Å²) in [7, 11) is 1.60. The lowest BCUT2D eigenvalue weighted by atomic mass is 10.1. The van der Waals surface area contributed by atoms with Crippen LogP contribution < -0.4 is 10.1 Å². The number of ether oxygens (including phenoxy) is 1. The van der Waals surface area contributed by atoms with Gasteiger partial charge in [-0.25, -0.2) is 4.99 Å². The van der Waals surface area contributed by atoms with E-state index in [0.29, 0.717) is 34.5 Å². The number of rotatable bonds is 7. The van der Waals surface area contributed by atoms with Crippen molar-refractivity contribution in [1.29, 1.82) is 0 Å². The van der Waals surface area contributed by atoms with Crippen LogP contribution in [0.2, 0.25) is 5.02 Å². The first kappa shape index (κ1) is 23.9. The van der Waals surface area contributed by atoms with Crippen molar-refractivity contribution in [2.75, 3.05) is 19.0 Å². The maximum Gasteiger partial charge on any atom is 0.238 e. The molecule has 3 aromatic rings.